The number of urea groups is 1. The molecule has 236 valence electrons. The van der Waals surface area contributed by atoms with E-state index in [0.29, 0.717) is 47.6 Å². The van der Waals surface area contributed by atoms with Crippen LogP contribution in [0.25, 0.3) is 0 Å². The smallest absolute Gasteiger partial charge is 0.326 e. The number of ether oxygens (including phenoxy) is 1. The number of carbonyl (C=O) groups is 2. The van der Waals surface area contributed by atoms with Crippen LogP contribution in [0.4, 0.5) is 4.79 Å². The molecule has 0 unspecified atom stereocenters. The van der Waals surface area contributed by atoms with Gasteiger partial charge in [-0.25, -0.2) is 13.2 Å². The van der Waals surface area contributed by atoms with Gasteiger partial charge in [0.15, 0.2) is 0 Å². The van der Waals surface area contributed by atoms with Crippen LogP contribution in [0, 0.1) is 0 Å². The van der Waals surface area contributed by atoms with Gasteiger partial charge in [0.1, 0.15) is 24.2 Å². The number of halogens is 2. The van der Waals surface area contributed by atoms with Gasteiger partial charge >= 0.3 is 6.03 Å². The van der Waals surface area contributed by atoms with Crippen LogP contribution in [-0.4, -0.2) is 79.6 Å². The van der Waals surface area contributed by atoms with E-state index < -0.39 is 28.1 Å². The molecular weight excluding hydrogens is 637 g/mol. The lowest BCUT2D eigenvalue weighted by molar-refractivity contribution is -0.123. The lowest BCUT2D eigenvalue weighted by Crippen LogP contribution is -2.55. The van der Waals surface area contributed by atoms with Crippen molar-refractivity contribution in [3.8, 4) is 5.75 Å². The Morgan fingerprint density at radius 1 is 0.956 bits per heavy atom. The minimum Gasteiger partial charge on any atom is -0.493 e. The predicted molar refractivity (Wildman–Crippen MR) is 172 cm³/mol. The minimum atomic E-state index is -3.73. The van der Waals surface area contributed by atoms with E-state index in [2.05, 4.69) is 5.32 Å². The molecule has 0 spiro atoms. The summed E-state index contributed by atoms with van der Waals surface area (Å²) in [5, 5.41) is 3.87. The van der Waals surface area contributed by atoms with Crippen LogP contribution in [0.3, 0.4) is 0 Å². The molecule has 0 saturated carbocycles. The van der Waals surface area contributed by atoms with Crippen LogP contribution >= 0.6 is 23.2 Å². The van der Waals surface area contributed by atoms with E-state index >= 15 is 0 Å². The zero-order valence-electron chi connectivity index (χ0n) is 24.7. The van der Waals surface area contributed by atoms with Gasteiger partial charge in [0, 0.05) is 42.3 Å². The number of hydrogen-bond donors (Lipinski definition) is 1. The molecule has 6 rings (SSSR count). The molecule has 0 bridgehead atoms. The molecule has 0 radical (unpaired) electrons. The molecule has 45 heavy (non-hydrogen) atoms. The molecule has 1 N–H and O–H groups in total. The summed E-state index contributed by atoms with van der Waals surface area (Å²) in [4.78, 5) is 35.2. The van der Waals surface area contributed by atoms with Gasteiger partial charge in [-0.05, 0) is 67.3 Å². The summed E-state index contributed by atoms with van der Waals surface area (Å²) >= 11 is 12.5. The molecule has 3 aromatic rings. The van der Waals surface area contributed by atoms with Crippen LogP contribution in [0.1, 0.15) is 48.5 Å². The zero-order chi connectivity index (χ0) is 31.7. The van der Waals surface area contributed by atoms with Crippen LogP contribution in [0.15, 0.2) is 76.6 Å². The first kappa shape index (κ1) is 31.3. The number of hydrogen-bond acceptors (Lipinski definition) is 6. The quantitative estimate of drug-likeness (QED) is 0.368. The zero-order valence-corrected chi connectivity index (χ0v) is 27.0. The van der Waals surface area contributed by atoms with Crippen LogP contribution in [0.5, 0.6) is 5.75 Å². The number of amidine groups is 1. The van der Waals surface area contributed by atoms with Gasteiger partial charge in [-0.2, -0.15) is 4.31 Å². The van der Waals surface area contributed by atoms with Crippen LogP contribution < -0.4 is 10.1 Å². The Bertz CT molecular complexity index is 1730. The Kier molecular flexibility index (Phi) is 9.05. The Balaban J connectivity index is 1.52. The first-order chi connectivity index (χ1) is 21.7. The summed E-state index contributed by atoms with van der Waals surface area (Å²) in [7, 11) is -3.73. The maximum absolute atomic E-state index is 14.5. The van der Waals surface area contributed by atoms with Crippen LogP contribution in [-0.2, 0) is 14.8 Å². The summed E-state index contributed by atoms with van der Waals surface area (Å²) in [6.45, 7) is 3.55. The van der Waals surface area contributed by atoms with E-state index in [0.717, 1.165) is 24.0 Å². The SMILES string of the molecule is CCOc1cc(S(=O)(=O)N2CCCC2)ccc1C1=N[C@@H](c2ccc(Cl)cc2)[C@@H](c2ccc(Cl)cc2)N1C(=O)N1CCNC(=O)C1. The summed E-state index contributed by atoms with van der Waals surface area (Å²) < 4.78 is 34.5. The fourth-order valence-electron chi connectivity index (χ4n) is 6.01. The lowest BCUT2D eigenvalue weighted by atomic mass is 9.93. The molecule has 3 aliphatic rings. The maximum atomic E-state index is 14.5. The molecule has 0 aromatic heterocycles. The number of piperazine rings is 1. The van der Waals surface area contributed by atoms with Gasteiger partial charge in [0.2, 0.25) is 15.9 Å². The topological polar surface area (TPSA) is 112 Å². The second-order valence-corrected chi connectivity index (χ2v) is 13.9. The molecule has 3 heterocycles. The van der Waals surface area contributed by atoms with Crippen molar-refractivity contribution in [2.45, 2.75) is 36.7 Å². The third-order valence-corrected chi connectivity index (χ3v) is 10.6. The fourth-order valence-corrected chi connectivity index (χ4v) is 7.79. The van der Waals surface area contributed by atoms with E-state index in [4.69, 9.17) is 32.9 Å². The molecule has 13 heteroatoms. The van der Waals surface area contributed by atoms with E-state index in [1.165, 1.54) is 21.3 Å². The molecule has 2 fully saturated rings. The van der Waals surface area contributed by atoms with Crippen molar-refractivity contribution in [3.63, 3.8) is 0 Å². The van der Waals surface area contributed by atoms with Gasteiger partial charge in [0.25, 0.3) is 0 Å². The Morgan fingerprint density at radius 2 is 1.60 bits per heavy atom. The second-order valence-electron chi connectivity index (χ2n) is 11.1. The third-order valence-electron chi connectivity index (χ3n) is 8.20. The normalized spacial score (nSPS) is 20.7. The summed E-state index contributed by atoms with van der Waals surface area (Å²) in [5.41, 5.74) is 2.05. The Hall–Kier alpha value is -3.64. The molecule has 3 aliphatic heterocycles. The predicted octanol–water partition coefficient (Wildman–Crippen LogP) is 5.27. The molecule has 2 saturated heterocycles. The van der Waals surface area contributed by atoms with E-state index in [-0.39, 0.29) is 29.7 Å². The van der Waals surface area contributed by atoms with Crippen molar-refractivity contribution in [1.29, 1.82) is 0 Å². The van der Waals surface area contributed by atoms with Crippen molar-refractivity contribution in [1.82, 2.24) is 19.4 Å². The van der Waals surface area contributed by atoms with Crippen molar-refractivity contribution in [2.24, 2.45) is 4.99 Å². The highest BCUT2D eigenvalue weighted by Gasteiger charge is 2.45. The molecular formula is C32H33Cl2N5O5S. The fraction of sp³-hybridized carbons (Fsp3) is 0.344. The standard InChI is InChI=1S/C32H33Cl2N5O5S/c1-2-44-27-19-25(45(42,43)38-16-3-4-17-38)13-14-26(27)31-36-29(21-5-9-23(33)10-6-21)30(22-7-11-24(34)12-8-22)39(31)32(41)37-18-15-35-28(40)20-37/h5-14,19,29-30H,2-4,15-18,20H2,1H3,(H,35,40)/t29-,30+/m0/s1. The summed E-state index contributed by atoms with van der Waals surface area (Å²) in [6.07, 6.45) is 1.63. The average molecular weight is 671 g/mol. The number of sulfonamides is 1. The van der Waals surface area contributed by atoms with E-state index in [9.17, 15) is 18.0 Å². The average Bonchev–Trinajstić information content (AvgIpc) is 3.72. The number of benzene rings is 3. The highest BCUT2D eigenvalue weighted by atomic mass is 35.5. The van der Waals surface area contributed by atoms with Crippen molar-refractivity contribution < 1.29 is 22.7 Å². The Morgan fingerprint density at radius 3 is 2.22 bits per heavy atom. The van der Waals surface area contributed by atoms with Gasteiger partial charge in [-0.3, -0.25) is 14.7 Å². The highest BCUT2D eigenvalue weighted by molar-refractivity contribution is 7.89. The first-order valence-electron chi connectivity index (χ1n) is 14.9. The number of nitrogens with zero attached hydrogens (tertiary/aromatic N) is 4. The van der Waals surface area contributed by atoms with Crippen LogP contribution in [0.2, 0.25) is 10.0 Å². The molecule has 3 amide bonds. The summed E-state index contributed by atoms with van der Waals surface area (Å²) in [6, 6.07) is 17.6. The van der Waals surface area contributed by atoms with Crippen molar-refractivity contribution in [2.75, 3.05) is 39.3 Å². The number of aliphatic imine (C=N–C) groups is 1. The largest absolute Gasteiger partial charge is 0.493 e. The number of amides is 3. The summed E-state index contributed by atoms with van der Waals surface area (Å²) in [5.74, 6) is 0.341. The van der Waals surface area contributed by atoms with Gasteiger partial charge in [-0.1, -0.05) is 47.5 Å². The highest BCUT2D eigenvalue weighted by Crippen LogP contribution is 2.45. The van der Waals surface area contributed by atoms with E-state index in [1.54, 1.807) is 35.2 Å². The molecule has 0 aliphatic carbocycles. The minimum absolute atomic E-state index is 0.104. The van der Waals surface area contributed by atoms with E-state index in [1.807, 2.05) is 31.2 Å². The monoisotopic (exact) mass is 669 g/mol. The molecule has 2 atom stereocenters. The van der Waals surface area contributed by atoms with Gasteiger partial charge in [-0.15, -0.1) is 0 Å². The molecule has 10 nitrogen and oxygen atoms in total. The van der Waals surface area contributed by atoms with Crippen molar-refractivity contribution >= 4 is 51.0 Å². The van der Waals surface area contributed by atoms with Gasteiger partial charge in [0.05, 0.1) is 23.1 Å². The molecule has 3 aromatic carbocycles. The number of rotatable bonds is 7. The first-order valence-corrected chi connectivity index (χ1v) is 17.1. The third kappa shape index (κ3) is 6.27. The lowest BCUT2D eigenvalue weighted by Gasteiger charge is -2.35. The number of carbonyl (C=O) groups excluding carboxylic acids is 2. The number of nitrogens with one attached hydrogen (secondary N) is 1. The Labute approximate surface area is 272 Å². The second kappa shape index (κ2) is 13.0. The van der Waals surface area contributed by atoms with Crippen molar-refractivity contribution in [3.05, 3.63) is 93.5 Å². The maximum Gasteiger partial charge on any atom is 0.326 e. The van der Waals surface area contributed by atoms with Gasteiger partial charge < -0.3 is 15.0 Å².